The summed E-state index contributed by atoms with van der Waals surface area (Å²) in [7, 11) is 0. The average Bonchev–Trinajstić information content (AvgIpc) is 3.23. The summed E-state index contributed by atoms with van der Waals surface area (Å²) in [6, 6.07) is 7.53. The zero-order valence-corrected chi connectivity index (χ0v) is 13.9. The van der Waals surface area contributed by atoms with Crippen molar-refractivity contribution in [3.63, 3.8) is 0 Å². The van der Waals surface area contributed by atoms with E-state index in [9.17, 15) is 9.18 Å². The number of nitrogens with one attached hydrogen (secondary N) is 2. The van der Waals surface area contributed by atoms with Crippen molar-refractivity contribution < 1.29 is 9.18 Å². The molecule has 0 radical (unpaired) electrons. The maximum atomic E-state index is 13.0. The number of carbonyl (C=O) groups excluding carboxylic acids is 1. The molecule has 0 spiro atoms. The number of hydrogen-bond donors (Lipinski definition) is 2. The van der Waals surface area contributed by atoms with E-state index in [2.05, 4.69) is 32.6 Å². The predicted octanol–water partition coefficient (Wildman–Crippen LogP) is 3.66. The van der Waals surface area contributed by atoms with Crippen LogP contribution in [-0.2, 0) is 6.42 Å². The third-order valence-electron chi connectivity index (χ3n) is 3.39. The molecule has 2 N–H and O–H groups in total. The first kappa shape index (κ1) is 16.3. The van der Waals surface area contributed by atoms with Crippen LogP contribution in [-0.4, -0.2) is 26.3 Å². The van der Waals surface area contributed by atoms with Gasteiger partial charge < -0.3 is 0 Å². The van der Waals surface area contributed by atoms with E-state index < -0.39 is 0 Å². The van der Waals surface area contributed by atoms with Gasteiger partial charge in [0.15, 0.2) is 0 Å². The Morgan fingerprint density at radius 3 is 2.83 bits per heavy atom. The Morgan fingerprint density at radius 2 is 2.08 bits per heavy atom. The highest BCUT2D eigenvalue weighted by Gasteiger charge is 2.13. The summed E-state index contributed by atoms with van der Waals surface area (Å²) in [4.78, 5) is 12.2. The molecule has 0 fully saturated rings. The molecule has 6 nitrogen and oxygen atoms in total. The van der Waals surface area contributed by atoms with E-state index in [0.717, 1.165) is 29.8 Å². The number of amides is 1. The van der Waals surface area contributed by atoms with Crippen molar-refractivity contribution >= 4 is 22.4 Å². The lowest BCUT2D eigenvalue weighted by Gasteiger charge is -1.97. The van der Waals surface area contributed by atoms with Crippen molar-refractivity contribution in [3.8, 4) is 11.3 Å². The number of benzene rings is 1. The van der Waals surface area contributed by atoms with Gasteiger partial charge in [-0.05, 0) is 36.8 Å². The molecule has 0 atom stereocenters. The average molecular weight is 345 g/mol. The van der Waals surface area contributed by atoms with Crippen LogP contribution in [0.1, 0.15) is 35.3 Å². The van der Waals surface area contributed by atoms with Crippen molar-refractivity contribution in [1.29, 1.82) is 0 Å². The Bertz CT molecular complexity index is 827. The third kappa shape index (κ3) is 3.83. The zero-order valence-electron chi connectivity index (χ0n) is 13.0. The Labute approximate surface area is 142 Å². The van der Waals surface area contributed by atoms with Gasteiger partial charge >= 0.3 is 0 Å². The van der Waals surface area contributed by atoms with Crippen molar-refractivity contribution in [2.45, 2.75) is 26.2 Å². The quantitative estimate of drug-likeness (QED) is 0.714. The van der Waals surface area contributed by atoms with Gasteiger partial charge in [-0.15, -0.1) is 10.2 Å². The van der Waals surface area contributed by atoms with Crippen LogP contribution >= 0.6 is 11.3 Å². The van der Waals surface area contributed by atoms with Crippen molar-refractivity contribution in [2.75, 3.05) is 5.32 Å². The van der Waals surface area contributed by atoms with Gasteiger partial charge in [-0.1, -0.05) is 24.7 Å². The molecular formula is C16H16FN5OS. The van der Waals surface area contributed by atoms with Gasteiger partial charge in [0.05, 0.1) is 5.69 Å². The van der Waals surface area contributed by atoms with Crippen molar-refractivity contribution in [3.05, 3.63) is 46.9 Å². The van der Waals surface area contributed by atoms with Crippen LogP contribution in [0, 0.1) is 5.82 Å². The monoisotopic (exact) mass is 345 g/mol. The molecule has 0 bridgehead atoms. The summed E-state index contributed by atoms with van der Waals surface area (Å²) in [5, 5.41) is 18.9. The van der Waals surface area contributed by atoms with Crippen molar-refractivity contribution in [2.24, 2.45) is 0 Å². The van der Waals surface area contributed by atoms with Crippen LogP contribution in [0.25, 0.3) is 11.3 Å². The fourth-order valence-electron chi connectivity index (χ4n) is 2.10. The molecule has 2 heterocycles. The molecule has 2 aromatic heterocycles. The molecule has 0 aliphatic heterocycles. The van der Waals surface area contributed by atoms with Gasteiger partial charge in [-0.25, -0.2) is 4.39 Å². The van der Waals surface area contributed by atoms with Crippen LogP contribution in [0.15, 0.2) is 30.3 Å². The Morgan fingerprint density at radius 1 is 1.29 bits per heavy atom. The second kappa shape index (κ2) is 7.31. The van der Waals surface area contributed by atoms with Gasteiger partial charge in [-0.2, -0.15) is 5.10 Å². The van der Waals surface area contributed by atoms with Crippen molar-refractivity contribution in [1.82, 2.24) is 20.4 Å². The molecule has 1 amide bonds. The van der Waals surface area contributed by atoms with Crippen LogP contribution in [0.2, 0.25) is 0 Å². The van der Waals surface area contributed by atoms with Gasteiger partial charge in [0.1, 0.15) is 16.5 Å². The second-order valence-corrected chi connectivity index (χ2v) is 6.29. The van der Waals surface area contributed by atoms with Gasteiger partial charge in [-0.3, -0.25) is 15.2 Å². The molecule has 8 heteroatoms. The molecule has 0 saturated carbocycles. The van der Waals surface area contributed by atoms with E-state index in [-0.39, 0.29) is 11.7 Å². The molecule has 24 heavy (non-hydrogen) atoms. The fraction of sp³-hybridized carbons (Fsp3) is 0.250. The number of nitrogens with zero attached hydrogens (tertiary/aromatic N) is 3. The second-order valence-electron chi connectivity index (χ2n) is 5.23. The number of halogens is 1. The number of hydrogen-bond acceptors (Lipinski definition) is 5. The molecule has 0 saturated heterocycles. The number of aryl methyl sites for hydroxylation is 1. The number of H-pyrrole nitrogens is 1. The topological polar surface area (TPSA) is 83.6 Å². The first-order chi connectivity index (χ1) is 11.7. The number of aromatic nitrogens is 4. The molecule has 0 aliphatic carbocycles. The summed E-state index contributed by atoms with van der Waals surface area (Å²) in [5.41, 5.74) is 1.60. The minimum Gasteiger partial charge on any atom is -0.295 e. The summed E-state index contributed by atoms with van der Waals surface area (Å²) >= 11 is 1.37. The van der Waals surface area contributed by atoms with E-state index in [1.165, 1.54) is 23.5 Å². The minimum atomic E-state index is -0.339. The third-order valence-corrected chi connectivity index (χ3v) is 4.29. The largest absolute Gasteiger partial charge is 0.295 e. The van der Waals surface area contributed by atoms with E-state index >= 15 is 0 Å². The lowest BCUT2D eigenvalue weighted by atomic mass is 10.1. The zero-order chi connectivity index (χ0) is 16.9. The van der Waals surface area contributed by atoms with Crippen LogP contribution in [0.5, 0.6) is 0 Å². The lowest BCUT2D eigenvalue weighted by molar-refractivity contribution is 0.102. The lowest BCUT2D eigenvalue weighted by Crippen LogP contribution is -2.12. The maximum Gasteiger partial charge on any atom is 0.275 e. The van der Waals surface area contributed by atoms with Crippen LogP contribution in [0.4, 0.5) is 9.52 Å². The highest BCUT2D eigenvalue weighted by molar-refractivity contribution is 7.15. The van der Waals surface area contributed by atoms with Crippen LogP contribution in [0.3, 0.4) is 0 Å². The number of unbranched alkanes of at least 4 members (excludes halogenated alkanes) is 1. The molecule has 1 aromatic carbocycles. The number of aromatic amines is 1. The summed E-state index contributed by atoms with van der Waals surface area (Å²) < 4.78 is 13.0. The fourth-order valence-corrected chi connectivity index (χ4v) is 2.88. The predicted molar refractivity (Wildman–Crippen MR) is 90.5 cm³/mol. The van der Waals surface area contributed by atoms with E-state index in [1.54, 1.807) is 18.2 Å². The standard InChI is InChI=1S/C16H16FN5OS/c1-2-3-4-14-21-22-16(24-14)18-15(23)13-9-12(19-20-13)10-5-7-11(17)8-6-10/h5-9H,2-4H2,1H3,(H,19,20)(H,18,22,23). The first-order valence-electron chi connectivity index (χ1n) is 7.61. The van der Waals surface area contributed by atoms with Gasteiger partial charge in [0.25, 0.3) is 5.91 Å². The minimum absolute atomic E-state index is 0.305. The molecule has 3 aromatic rings. The van der Waals surface area contributed by atoms with E-state index in [0.29, 0.717) is 16.5 Å². The molecular weight excluding hydrogens is 329 g/mol. The summed E-state index contributed by atoms with van der Waals surface area (Å²) in [6.45, 7) is 2.11. The molecule has 3 rings (SSSR count). The molecule has 0 aliphatic rings. The Kier molecular flexibility index (Phi) is 4.95. The summed E-state index contributed by atoms with van der Waals surface area (Å²) in [6.07, 6.45) is 2.99. The first-order valence-corrected chi connectivity index (χ1v) is 8.42. The Hall–Kier alpha value is -2.61. The van der Waals surface area contributed by atoms with Crippen LogP contribution < -0.4 is 5.32 Å². The highest BCUT2D eigenvalue weighted by Crippen LogP contribution is 2.20. The summed E-state index contributed by atoms with van der Waals surface area (Å²) in [5.74, 6) is -0.656. The molecule has 0 unspecified atom stereocenters. The molecule has 124 valence electrons. The van der Waals surface area contributed by atoms with E-state index in [4.69, 9.17) is 0 Å². The Balaban J connectivity index is 1.67. The smallest absolute Gasteiger partial charge is 0.275 e. The SMILES string of the molecule is CCCCc1nnc(NC(=O)c2cc(-c3ccc(F)cc3)n[nH]2)s1. The maximum absolute atomic E-state index is 13.0. The number of anilines is 1. The normalized spacial score (nSPS) is 10.8. The van der Waals surface area contributed by atoms with E-state index in [1.807, 2.05) is 0 Å². The van der Waals surface area contributed by atoms with Gasteiger partial charge in [0, 0.05) is 12.0 Å². The number of carbonyl (C=O) groups is 1. The van der Waals surface area contributed by atoms with Gasteiger partial charge in [0.2, 0.25) is 5.13 Å². The number of rotatable bonds is 6. The highest BCUT2D eigenvalue weighted by atomic mass is 32.1.